The number of nitrogens with zero attached hydrogens (tertiary/aromatic N) is 2. The molecule has 4 heteroatoms. The molecular formula is C17H32N2OS. The summed E-state index contributed by atoms with van der Waals surface area (Å²) in [6.45, 7) is 11.6. The molecule has 2 heterocycles. The van der Waals surface area contributed by atoms with E-state index in [0.29, 0.717) is 24.3 Å². The van der Waals surface area contributed by atoms with Crippen LogP contribution in [0.1, 0.15) is 46.5 Å². The quantitative estimate of drug-likeness (QED) is 0.797. The maximum Gasteiger partial charge on any atom is 0.236 e. The third-order valence-electron chi connectivity index (χ3n) is 4.70. The Bertz CT molecular complexity index is 327. The van der Waals surface area contributed by atoms with E-state index in [9.17, 15) is 4.79 Å². The zero-order valence-electron chi connectivity index (χ0n) is 14.0. The molecule has 3 atom stereocenters. The van der Waals surface area contributed by atoms with Gasteiger partial charge in [-0.15, -0.1) is 0 Å². The predicted molar refractivity (Wildman–Crippen MR) is 91.7 cm³/mol. The molecule has 0 aromatic carbocycles. The van der Waals surface area contributed by atoms with Gasteiger partial charge in [-0.2, -0.15) is 11.8 Å². The molecule has 0 saturated carbocycles. The molecule has 21 heavy (non-hydrogen) atoms. The molecule has 122 valence electrons. The largest absolute Gasteiger partial charge is 0.341 e. The van der Waals surface area contributed by atoms with Crippen molar-refractivity contribution in [3.8, 4) is 0 Å². The third kappa shape index (κ3) is 5.48. The highest BCUT2D eigenvalue weighted by atomic mass is 32.2. The Morgan fingerprint density at radius 1 is 1.14 bits per heavy atom. The van der Waals surface area contributed by atoms with Crippen LogP contribution in [0, 0.1) is 11.8 Å². The topological polar surface area (TPSA) is 23.6 Å². The number of likely N-dealkylation sites (tertiary alicyclic amines) is 2. The van der Waals surface area contributed by atoms with Gasteiger partial charge in [0, 0.05) is 24.9 Å². The zero-order valence-corrected chi connectivity index (χ0v) is 14.8. The van der Waals surface area contributed by atoms with Gasteiger partial charge in [-0.3, -0.25) is 9.69 Å². The fourth-order valence-electron chi connectivity index (χ4n) is 3.85. The van der Waals surface area contributed by atoms with E-state index in [1.165, 1.54) is 31.4 Å². The van der Waals surface area contributed by atoms with E-state index >= 15 is 0 Å². The van der Waals surface area contributed by atoms with Gasteiger partial charge in [-0.1, -0.05) is 27.2 Å². The summed E-state index contributed by atoms with van der Waals surface area (Å²) < 4.78 is 0. The number of carbonyl (C=O) groups excluding carboxylic acids is 1. The van der Waals surface area contributed by atoms with E-state index in [4.69, 9.17) is 0 Å². The van der Waals surface area contributed by atoms with Gasteiger partial charge in [-0.05, 0) is 43.4 Å². The zero-order chi connectivity index (χ0) is 15.2. The minimum atomic E-state index is 0.357. The highest BCUT2D eigenvalue weighted by Gasteiger charge is 2.27. The first-order valence-electron chi connectivity index (χ1n) is 8.70. The smallest absolute Gasteiger partial charge is 0.236 e. The van der Waals surface area contributed by atoms with Crippen LogP contribution in [0.2, 0.25) is 0 Å². The maximum atomic E-state index is 12.6. The summed E-state index contributed by atoms with van der Waals surface area (Å²) >= 11 is 2.07. The second-order valence-corrected chi connectivity index (χ2v) is 8.63. The minimum absolute atomic E-state index is 0.357. The molecule has 3 unspecified atom stereocenters. The average Bonchev–Trinajstić information content (AvgIpc) is 2.63. The van der Waals surface area contributed by atoms with E-state index in [-0.39, 0.29) is 0 Å². The van der Waals surface area contributed by atoms with Crippen molar-refractivity contribution in [3.05, 3.63) is 0 Å². The fourth-order valence-corrected chi connectivity index (χ4v) is 4.97. The number of amides is 1. The van der Waals surface area contributed by atoms with Gasteiger partial charge < -0.3 is 4.90 Å². The van der Waals surface area contributed by atoms with Crippen LogP contribution < -0.4 is 0 Å². The second-order valence-electron chi connectivity index (χ2n) is 7.05. The third-order valence-corrected chi connectivity index (χ3v) is 5.88. The fraction of sp³-hybridized carbons (Fsp3) is 0.941. The van der Waals surface area contributed by atoms with Gasteiger partial charge in [0.25, 0.3) is 0 Å². The van der Waals surface area contributed by atoms with Crippen molar-refractivity contribution in [2.75, 3.05) is 38.5 Å². The minimum Gasteiger partial charge on any atom is -0.341 e. The highest BCUT2D eigenvalue weighted by molar-refractivity contribution is 7.99. The van der Waals surface area contributed by atoms with E-state index in [1.54, 1.807) is 0 Å². The van der Waals surface area contributed by atoms with Gasteiger partial charge >= 0.3 is 0 Å². The van der Waals surface area contributed by atoms with Crippen LogP contribution in [0.3, 0.4) is 0 Å². The van der Waals surface area contributed by atoms with Crippen LogP contribution in [-0.4, -0.2) is 59.4 Å². The Balaban J connectivity index is 1.85. The van der Waals surface area contributed by atoms with E-state index in [1.807, 2.05) is 0 Å². The number of thioether (sulfide) groups is 1. The van der Waals surface area contributed by atoms with Crippen molar-refractivity contribution in [1.29, 1.82) is 0 Å². The molecule has 3 nitrogen and oxygen atoms in total. The standard InChI is InChI=1S/C17H32N2OS/c1-4-21-16-7-5-6-8-18(12-16)13-17(20)19-10-14(2)9-15(3)11-19/h14-16H,4-13H2,1-3H3. The summed E-state index contributed by atoms with van der Waals surface area (Å²) in [6, 6.07) is 0. The Labute approximate surface area is 134 Å². The molecular weight excluding hydrogens is 280 g/mol. The lowest BCUT2D eigenvalue weighted by Crippen LogP contribution is -2.47. The Kier molecular flexibility index (Phi) is 6.87. The first-order valence-corrected chi connectivity index (χ1v) is 9.75. The average molecular weight is 313 g/mol. The molecule has 0 aromatic rings. The van der Waals surface area contributed by atoms with Gasteiger partial charge in [0.05, 0.1) is 6.54 Å². The molecule has 1 amide bonds. The molecule has 0 aliphatic carbocycles. The molecule has 0 aromatic heterocycles. The van der Waals surface area contributed by atoms with E-state index in [0.717, 1.165) is 31.4 Å². The summed E-state index contributed by atoms with van der Waals surface area (Å²) in [5, 5.41) is 0.726. The van der Waals surface area contributed by atoms with Crippen molar-refractivity contribution >= 4 is 17.7 Å². The molecule has 2 aliphatic heterocycles. The van der Waals surface area contributed by atoms with Crippen molar-refractivity contribution in [3.63, 3.8) is 0 Å². The molecule has 0 radical (unpaired) electrons. The maximum absolute atomic E-state index is 12.6. The van der Waals surface area contributed by atoms with E-state index in [2.05, 4.69) is 42.3 Å². The van der Waals surface area contributed by atoms with Crippen molar-refractivity contribution < 1.29 is 4.79 Å². The molecule has 2 saturated heterocycles. The first-order chi connectivity index (χ1) is 10.1. The van der Waals surface area contributed by atoms with E-state index < -0.39 is 0 Å². The lowest BCUT2D eigenvalue weighted by Gasteiger charge is -2.36. The van der Waals surface area contributed by atoms with Crippen LogP contribution in [-0.2, 0) is 4.79 Å². The van der Waals surface area contributed by atoms with Crippen LogP contribution in [0.4, 0.5) is 0 Å². The Morgan fingerprint density at radius 2 is 1.86 bits per heavy atom. The van der Waals surface area contributed by atoms with Crippen molar-refractivity contribution in [1.82, 2.24) is 9.80 Å². The molecule has 0 bridgehead atoms. The summed E-state index contributed by atoms with van der Waals surface area (Å²) in [7, 11) is 0. The summed E-state index contributed by atoms with van der Waals surface area (Å²) in [5.41, 5.74) is 0. The first kappa shape index (κ1) is 17.1. The molecule has 0 N–H and O–H groups in total. The summed E-state index contributed by atoms with van der Waals surface area (Å²) in [6.07, 6.45) is 5.16. The predicted octanol–water partition coefficient (Wildman–Crippen LogP) is 3.10. The molecule has 2 fully saturated rings. The van der Waals surface area contributed by atoms with Gasteiger partial charge in [0.15, 0.2) is 0 Å². The second kappa shape index (κ2) is 8.42. The molecule has 2 rings (SSSR count). The van der Waals surface area contributed by atoms with Crippen molar-refractivity contribution in [2.24, 2.45) is 11.8 Å². The summed E-state index contributed by atoms with van der Waals surface area (Å²) in [5.74, 6) is 2.86. The van der Waals surface area contributed by atoms with Crippen molar-refractivity contribution in [2.45, 2.75) is 51.7 Å². The highest BCUT2D eigenvalue weighted by Crippen LogP contribution is 2.23. The molecule has 2 aliphatic rings. The van der Waals surface area contributed by atoms with Gasteiger partial charge in [-0.25, -0.2) is 0 Å². The number of carbonyl (C=O) groups is 1. The monoisotopic (exact) mass is 312 g/mol. The lowest BCUT2D eigenvalue weighted by molar-refractivity contribution is -0.135. The number of hydrogen-bond acceptors (Lipinski definition) is 3. The van der Waals surface area contributed by atoms with Gasteiger partial charge in [0.1, 0.15) is 0 Å². The normalized spacial score (nSPS) is 32.0. The van der Waals surface area contributed by atoms with Crippen LogP contribution in [0.15, 0.2) is 0 Å². The van der Waals surface area contributed by atoms with Crippen LogP contribution in [0.25, 0.3) is 0 Å². The summed E-state index contributed by atoms with van der Waals surface area (Å²) in [4.78, 5) is 17.1. The number of rotatable bonds is 4. The number of hydrogen-bond donors (Lipinski definition) is 0. The van der Waals surface area contributed by atoms with Crippen LogP contribution >= 0.6 is 11.8 Å². The van der Waals surface area contributed by atoms with Crippen LogP contribution in [0.5, 0.6) is 0 Å². The SMILES string of the molecule is CCSC1CCCCN(CC(=O)N2CC(C)CC(C)C2)C1. The lowest BCUT2D eigenvalue weighted by atomic mass is 9.92. The molecule has 0 spiro atoms. The Hall–Kier alpha value is -0.220. The van der Waals surface area contributed by atoms with Gasteiger partial charge in [0.2, 0.25) is 5.91 Å². The Morgan fingerprint density at radius 3 is 2.52 bits per heavy atom. The number of piperidine rings is 1.